The van der Waals surface area contributed by atoms with Crippen molar-refractivity contribution in [2.24, 2.45) is 0 Å². The molecule has 102 valence electrons. The Bertz CT molecular complexity index is 359. The standard InChI is InChI=1S/C15H26N2O/c1-6-16-12(2)13-7-9-14(10-8-13)17(5)15(3,4)11-18/h7-10,12,16,18H,6,11H2,1-5H3. The molecule has 0 saturated heterocycles. The summed E-state index contributed by atoms with van der Waals surface area (Å²) in [6.45, 7) is 9.45. The number of anilines is 1. The van der Waals surface area contributed by atoms with Crippen LogP contribution in [0.3, 0.4) is 0 Å². The number of nitrogens with one attached hydrogen (secondary N) is 1. The summed E-state index contributed by atoms with van der Waals surface area (Å²) in [4.78, 5) is 2.11. The van der Waals surface area contributed by atoms with Gasteiger partial charge < -0.3 is 15.3 Å². The van der Waals surface area contributed by atoms with Gasteiger partial charge in [-0.2, -0.15) is 0 Å². The molecule has 0 saturated carbocycles. The summed E-state index contributed by atoms with van der Waals surface area (Å²) in [5.74, 6) is 0. The molecule has 2 N–H and O–H groups in total. The van der Waals surface area contributed by atoms with Crippen molar-refractivity contribution < 1.29 is 5.11 Å². The van der Waals surface area contributed by atoms with Crippen LogP contribution >= 0.6 is 0 Å². The average molecular weight is 250 g/mol. The maximum atomic E-state index is 9.39. The molecule has 0 spiro atoms. The lowest BCUT2D eigenvalue weighted by atomic mass is 10.0. The quantitative estimate of drug-likeness (QED) is 0.814. The summed E-state index contributed by atoms with van der Waals surface area (Å²) in [6.07, 6.45) is 0. The minimum absolute atomic E-state index is 0.138. The van der Waals surface area contributed by atoms with E-state index < -0.39 is 0 Å². The second kappa shape index (κ2) is 6.21. The Morgan fingerprint density at radius 2 is 1.83 bits per heavy atom. The Hall–Kier alpha value is -1.06. The zero-order valence-corrected chi connectivity index (χ0v) is 12.2. The van der Waals surface area contributed by atoms with Gasteiger partial charge in [-0.15, -0.1) is 0 Å². The fourth-order valence-corrected chi connectivity index (χ4v) is 1.87. The highest BCUT2D eigenvalue weighted by Crippen LogP contribution is 2.23. The van der Waals surface area contributed by atoms with Gasteiger partial charge >= 0.3 is 0 Å². The van der Waals surface area contributed by atoms with E-state index in [4.69, 9.17) is 0 Å². The summed E-state index contributed by atoms with van der Waals surface area (Å²) in [6, 6.07) is 8.89. The van der Waals surface area contributed by atoms with Crippen LogP contribution in [0.4, 0.5) is 5.69 Å². The predicted molar refractivity (Wildman–Crippen MR) is 78.1 cm³/mol. The van der Waals surface area contributed by atoms with Gasteiger partial charge in [-0.25, -0.2) is 0 Å². The Kier molecular flexibility index (Phi) is 5.17. The molecule has 1 aromatic rings. The predicted octanol–water partition coefficient (Wildman–Crippen LogP) is 2.56. The van der Waals surface area contributed by atoms with Gasteiger partial charge in [0.25, 0.3) is 0 Å². The number of aliphatic hydroxyl groups is 1. The number of likely N-dealkylation sites (N-methyl/N-ethyl adjacent to an activating group) is 1. The largest absolute Gasteiger partial charge is 0.394 e. The molecule has 0 aliphatic rings. The minimum Gasteiger partial charge on any atom is -0.394 e. The zero-order valence-electron chi connectivity index (χ0n) is 12.2. The van der Waals surface area contributed by atoms with Crippen molar-refractivity contribution in [1.29, 1.82) is 0 Å². The molecule has 1 aromatic carbocycles. The van der Waals surface area contributed by atoms with E-state index in [-0.39, 0.29) is 12.1 Å². The highest BCUT2D eigenvalue weighted by atomic mass is 16.3. The second-order valence-corrected chi connectivity index (χ2v) is 5.40. The Labute approximate surface area is 111 Å². The molecular formula is C15H26N2O. The lowest BCUT2D eigenvalue weighted by Gasteiger charge is -2.36. The molecule has 1 atom stereocenters. The molecule has 0 aromatic heterocycles. The van der Waals surface area contributed by atoms with E-state index in [9.17, 15) is 5.11 Å². The van der Waals surface area contributed by atoms with Crippen LogP contribution in [0.2, 0.25) is 0 Å². The monoisotopic (exact) mass is 250 g/mol. The van der Waals surface area contributed by atoms with Crippen LogP contribution in [-0.2, 0) is 0 Å². The first-order valence-electron chi connectivity index (χ1n) is 6.60. The van der Waals surface area contributed by atoms with Gasteiger partial charge in [-0.1, -0.05) is 19.1 Å². The van der Waals surface area contributed by atoms with Gasteiger partial charge in [0.15, 0.2) is 0 Å². The van der Waals surface area contributed by atoms with Crippen molar-refractivity contribution >= 4 is 5.69 Å². The lowest BCUT2D eigenvalue weighted by Crippen LogP contribution is -2.44. The molecule has 18 heavy (non-hydrogen) atoms. The second-order valence-electron chi connectivity index (χ2n) is 5.40. The molecule has 1 rings (SSSR count). The normalized spacial score (nSPS) is 13.4. The van der Waals surface area contributed by atoms with Crippen molar-refractivity contribution in [3.63, 3.8) is 0 Å². The van der Waals surface area contributed by atoms with Crippen LogP contribution < -0.4 is 10.2 Å². The fraction of sp³-hybridized carbons (Fsp3) is 0.600. The lowest BCUT2D eigenvalue weighted by molar-refractivity contribution is 0.216. The van der Waals surface area contributed by atoms with Crippen LogP contribution in [0.1, 0.15) is 39.3 Å². The summed E-state index contributed by atoms with van der Waals surface area (Å²) in [5.41, 5.74) is 2.17. The minimum atomic E-state index is -0.241. The summed E-state index contributed by atoms with van der Waals surface area (Å²) < 4.78 is 0. The van der Waals surface area contributed by atoms with E-state index >= 15 is 0 Å². The fourth-order valence-electron chi connectivity index (χ4n) is 1.87. The molecule has 3 nitrogen and oxygen atoms in total. The summed E-state index contributed by atoms with van der Waals surface area (Å²) in [5, 5.41) is 12.8. The van der Waals surface area contributed by atoms with Crippen LogP contribution in [0, 0.1) is 0 Å². The molecular weight excluding hydrogens is 224 g/mol. The number of hydrogen-bond acceptors (Lipinski definition) is 3. The van der Waals surface area contributed by atoms with Crippen molar-refractivity contribution in [2.45, 2.75) is 39.3 Å². The molecule has 3 heteroatoms. The Morgan fingerprint density at radius 1 is 1.28 bits per heavy atom. The Balaban J connectivity index is 2.83. The van der Waals surface area contributed by atoms with E-state index in [1.165, 1.54) is 5.56 Å². The maximum absolute atomic E-state index is 9.39. The van der Waals surface area contributed by atoms with E-state index in [2.05, 4.69) is 48.3 Å². The van der Waals surface area contributed by atoms with Crippen molar-refractivity contribution in [2.75, 3.05) is 25.1 Å². The van der Waals surface area contributed by atoms with Gasteiger partial charge in [0.05, 0.1) is 12.1 Å². The third-order valence-corrected chi connectivity index (χ3v) is 3.59. The van der Waals surface area contributed by atoms with Crippen LogP contribution in [0.5, 0.6) is 0 Å². The highest BCUT2D eigenvalue weighted by Gasteiger charge is 2.22. The van der Waals surface area contributed by atoms with E-state index in [0.717, 1.165) is 12.2 Å². The Morgan fingerprint density at radius 3 is 2.28 bits per heavy atom. The first kappa shape index (κ1) is 15.0. The van der Waals surface area contributed by atoms with E-state index in [0.29, 0.717) is 6.04 Å². The molecule has 0 bridgehead atoms. The summed E-state index contributed by atoms with van der Waals surface area (Å²) >= 11 is 0. The molecule has 0 fully saturated rings. The van der Waals surface area contributed by atoms with Crippen LogP contribution in [-0.4, -0.2) is 30.8 Å². The maximum Gasteiger partial charge on any atom is 0.0658 e. The van der Waals surface area contributed by atoms with Crippen molar-refractivity contribution in [3.05, 3.63) is 29.8 Å². The van der Waals surface area contributed by atoms with Gasteiger partial charge in [0.2, 0.25) is 0 Å². The van der Waals surface area contributed by atoms with Gasteiger partial charge in [0.1, 0.15) is 0 Å². The number of benzene rings is 1. The molecule has 0 aliphatic heterocycles. The number of rotatable bonds is 6. The first-order valence-corrected chi connectivity index (χ1v) is 6.60. The number of nitrogens with zero attached hydrogens (tertiary/aromatic N) is 1. The molecule has 1 unspecified atom stereocenters. The molecule has 0 aliphatic carbocycles. The average Bonchev–Trinajstić information content (AvgIpc) is 2.38. The smallest absolute Gasteiger partial charge is 0.0658 e. The van der Waals surface area contributed by atoms with E-state index in [1.54, 1.807) is 0 Å². The van der Waals surface area contributed by atoms with Gasteiger partial charge in [0, 0.05) is 18.8 Å². The van der Waals surface area contributed by atoms with Crippen LogP contribution in [0.25, 0.3) is 0 Å². The summed E-state index contributed by atoms with van der Waals surface area (Å²) in [7, 11) is 2.01. The molecule has 0 radical (unpaired) electrons. The highest BCUT2D eigenvalue weighted by molar-refractivity contribution is 5.49. The first-order chi connectivity index (χ1) is 8.42. The molecule has 0 heterocycles. The van der Waals surface area contributed by atoms with Crippen molar-refractivity contribution in [1.82, 2.24) is 5.32 Å². The number of hydrogen-bond donors (Lipinski definition) is 2. The SMILES string of the molecule is CCNC(C)c1ccc(N(C)C(C)(C)CO)cc1. The van der Waals surface area contributed by atoms with Gasteiger partial charge in [-0.3, -0.25) is 0 Å². The molecule has 0 amide bonds. The topological polar surface area (TPSA) is 35.5 Å². The van der Waals surface area contributed by atoms with E-state index in [1.807, 2.05) is 20.9 Å². The van der Waals surface area contributed by atoms with Gasteiger partial charge in [-0.05, 0) is 45.0 Å². The zero-order chi connectivity index (χ0) is 13.8. The third kappa shape index (κ3) is 3.47. The van der Waals surface area contributed by atoms with Crippen molar-refractivity contribution in [3.8, 4) is 0 Å². The third-order valence-electron chi connectivity index (χ3n) is 3.59. The number of aliphatic hydroxyl groups excluding tert-OH is 1. The van der Waals surface area contributed by atoms with Crippen LogP contribution in [0.15, 0.2) is 24.3 Å².